The van der Waals surface area contributed by atoms with Crippen LogP contribution in [0, 0.1) is 5.92 Å². The summed E-state index contributed by atoms with van der Waals surface area (Å²) in [6.07, 6.45) is 4.13. The summed E-state index contributed by atoms with van der Waals surface area (Å²) in [5.74, 6) is 1.03. The number of hydrogen-bond acceptors (Lipinski definition) is 3. The van der Waals surface area contributed by atoms with Crippen LogP contribution in [-0.2, 0) is 6.54 Å². The molecule has 0 aliphatic carbocycles. The van der Waals surface area contributed by atoms with Gasteiger partial charge in [0.15, 0.2) is 0 Å². The maximum absolute atomic E-state index is 9.18. The lowest BCUT2D eigenvalue weighted by molar-refractivity contribution is 0.116. The summed E-state index contributed by atoms with van der Waals surface area (Å²) in [5.41, 5.74) is 1.04. The molecule has 1 aliphatic rings. The first kappa shape index (κ1) is 11.4. The Morgan fingerprint density at radius 2 is 2.19 bits per heavy atom. The summed E-state index contributed by atoms with van der Waals surface area (Å²) in [5, 5.41) is 9.18. The van der Waals surface area contributed by atoms with E-state index in [4.69, 9.17) is 0 Å². The van der Waals surface area contributed by atoms with Gasteiger partial charge in [0.2, 0.25) is 0 Å². The SMILES string of the molecule is CC1CCC(C)N(Cc2ccc(O)cn2)C1. The van der Waals surface area contributed by atoms with Gasteiger partial charge < -0.3 is 5.11 Å². The van der Waals surface area contributed by atoms with Crippen molar-refractivity contribution in [1.82, 2.24) is 9.88 Å². The van der Waals surface area contributed by atoms with Crippen molar-refractivity contribution in [2.45, 2.75) is 39.3 Å². The lowest BCUT2D eigenvalue weighted by Crippen LogP contribution is -2.40. The molecule has 0 saturated carbocycles. The molecule has 1 aromatic heterocycles. The summed E-state index contributed by atoms with van der Waals surface area (Å²) in [6.45, 7) is 6.64. The molecule has 2 atom stereocenters. The highest BCUT2D eigenvalue weighted by atomic mass is 16.3. The van der Waals surface area contributed by atoms with E-state index in [0.717, 1.165) is 24.7 Å². The number of likely N-dealkylation sites (tertiary alicyclic amines) is 1. The lowest BCUT2D eigenvalue weighted by Gasteiger charge is -2.36. The van der Waals surface area contributed by atoms with Crippen molar-refractivity contribution in [3.63, 3.8) is 0 Å². The number of aromatic hydroxyl groups is 1. The normalized spacial score (nSPS) is 26.9. The molecule has 0 radical (unpaired) electrons. The summed E-state index contributed by atoms with van der Waals surface area (Å²) in [6, 6.07) is 4.26. The van der Waals surface area contributed by atoms with Gasteiger partial charge >= 0.3 is 0 Å². The van der Waals surface area contributed by atoms with Gasteiger partial charge in [0.25, 0.3) is 0 Å². The molecule has 0 bridgehead atoms. The molecule has 88 valence electrons. The number of rotatable bonds is 2. The van der Waals surface area contributed by atoms with E-state index in [1.54, 1.807) is 6.07 Å². The lowest BCUT2D eigenvalue weighted by atomic mass is 9.95. The second-order valence-corrected chi connectivity index (χ2v) is 4.97. The summed E-state index contributed by atoms with van der Waals surface area (Å²) in [4.78, 5) is 6.72. The maximum atomic E-state index is 9.18. The third kappa shape index (κ3) is 2.73. The Labute approximate surface area is 97.1 Å². The molecule has 1 aromatic rings. The summed E-state index contributed by atoms with van der Waals surface area (Å²) in [7, 11) is 0. The second-order valence-electron chi connectivity index (χ2n) is 4.97. The molecule has 1 N–H and O–H groups in total. The largest absolute Gasteiger partial charge is 0.506 e. The van der Waals surface area contributed by atoms with E-state index in [0.29, 0.717) is 6.04 Å². The zero-order chi connectivity index (χ0) is 11.5. The first-order chi connectivity index (χ1) is 7.65. The minimum absolute atomic E-state index is 0.240. The van der Waals surface area contributed by atoms with E-state index in [2.05, 4.69) is 23.7 Å². The zero-order valence-corrected chi connectivity index (χ0v) is 10.1. The molecule has 3 heteroatoms. The van der Waals surface area contributed by atoms with Gasteiger partial charge in [-0.2, -0.15) is 0 Å². The van der Waals surface area contributed by atoms with Gasteiger partial charge in [0.05, 0.1) is 11.9 Å². The first-order valence-electron chi connectivity index (χ1n) is 6.03. The molecular formula is C13H20N2O. The molecule has 0 amide bonds. The molecular weight excluding hydrogens is 200 g/mol. The maximum Gasteiger partial charge on any atom is 0.133 e. The van der Waals surface area contributed by atoms with Crippen LogP contribution in [0.15, 0.2) is 18.3 Å². The minimum Gasteiger partial charge on any atom is -0.506 e. The van der Waals surface area contributed by atoms with Crippen LogP contribution in [0.25, 0.3) is 0 Å². The third-order valence-corrected chi connectivity index (χ3v) is 3.42. The van der Waals surface area contributed by atoms with Crippen molar-refractivity contribution in [2.24, 2.45) is 5.92 Å². The van der Waals surface area contributed by atoms with Crippen LogP contribution in [0.1, 0.15) is 32.4 Å². The van der Waals surface area contributed by atoms with E-state index in [1.165, 1.54) is 19.0 Å². The number of aromatic nitrogens is 1. The molecule has 2 rings (SSSR count). The molecule has 1 aliphatic heterocycles. The van der Waals surface area contributed by atoms with Gasteiger partial charge in [-0.1, -0.05) is 6.92 Å². The highest BCUT2D eigenvalue weighted by molar-refractivity contribution is 5.17. The fourth-order valence-electron chi connectivity index (χ4n) is 2.32. The average Bonchev–Trinajstić information content (AvgIpc) is 2.27. The van der Waals surface area contributed by atoms with Gasteiger partial charge in [0.1, 0.15) is 5.75 Å². The Morgan fingerprint density at radius 1 is 1.38 bits per heavy atom. The zero-order valence-electron chi connectivity index (χ0n) is 10.1. The van der Waals surface area contributed by atoms with E-state index in [1.807, 2.05) is 6.07 Å². The van der Waals surface area contributed by atoms with Gasteiger partial charge in [-0.25, -0.2) is 0 Å². The first-order valence-corrected chi connectivity index (χ1v) is 6.03. The highest BCUT2D eigenvalue weighted by Gasteiger charge is 2.22. The summed E-state index contributed by atoms with van der Waals surface area (Å²) >= 11 is 0. The van der Waals surface area contributed by atoms with Crippen LogP contribution >= 0.6 is 0 Å². The molecule has 2 unspecified atom stereocenters. The molecule has 1 fully saturated rings. The van der Waals surface area contributed by atoms with Crippen LogP contribution < -0.4 is 0 Å². The van der Waals surface area contributed by atoms with E-state index >= 15 is 0 Å². The third-order valence-electron chi connectivity index (χ3n) is 3.42. The van der Waals surface area contributed by atoms with Crippen LogP contribution in [0.5, 0.6) is 5.75 Å². The molecule has 2 heterocycles. The van der Waals surface area contributed by atoms with E-state index in [-0.39, 0.29) is 5.75 Å². The van der Waals surface area contributed by atoms with Crippen molar-refractivity contribution >= 4 is 0 Å². The fourth-order valence-corrected chi connectivity index (χ4v) is 2.32. The topological polar surface area (TPSA) is 36.4 Å². The van der Waals surface area contributed by atoms with Crippen LogP contribution in [0.2, 0.25) is 0 Å². The smallest absolute Gasteiger partial charge is 0.133 e. The van der Waals surface area contributed by atoms with Crippen molar-refractivity contribution < 1.29 is 5.11 Å². The molecule has 1 saturated heterocycles. The number of piperidine rings is 1. The van der Waals surface area contributed by atoms with Crippen LogP contribution in [0.3, 0.4) is 0 Å². The molecule has 16 heavy (non-hydrogen) atoms. The molecule has 0 aromatic carbocycles. The standard InChI is InChI=1S/C13H20N2O/c1-10-3-4-11(2)15(8-10)9-12-5-6-13(16)7-14-12/h5-7,10-11,16H,3-4,8-9H2,1-2H3. The van der Waals surface area contributed by atoms with Crippen LogP contribution in [-0.4, -0.2) is 27.6 Å². The Morgan fingerprint density at radius 3 is 2.88 bits per heavy atom. The second kappa shape index (κ2) is 4.83. The quantitative estimate of drug-likeness (QED) is 0.831. The minimum atomic E-state index is 0.240. The van der Waals surface area contributed by atoms with Crippen molar-refractivity contribution in [3.8, 4) is 5.75 Å². The van der Waals surface area contributed by atoms with E-state index in [9.17, 15) is 5.11 Å². The van der Waals surface area contributed by atoms with Gasteiger partial charge in [-0.3, -0.25) is 9.88 Å². The fraction of sp³-hybridized carbons (Fsp3) is 0.615. The number of pyridine rings is 1. The Kier molecular flexibility index (Phi) is 3.44. The predicted molar refractivity (Wildman–Crippen MR) is 64.2 cm³/mol. The Balaban J connectivity index is 2.00. The average molecular weight is 220 g/mol. The number of hydrogen-bond donors (Lipinski definition) is 1. The summed E-state index contributed by atoms with van der Waals surface area (Å²) < 4.78 is 0. The van der Waals surface area contributed by atoms with Gasteiger partial charge in [-0.05, 0) is 37.8 Å². The van der Waals surface area contributed by atoms with Gasteiger partial charge in [0, 0.05) is 19.1 Å². The molecule has 0 spiro atoms. The van der Waals surface area contributed by atoms with Gasteiger partial charge in [-0.15, -0.1) is 0 Å². The highest BCUT2D eigenvalue weighted by Crippen LogP contribution is 2.22. The Hall–Kier alpha value is -1.09. The Bertz CT molecular complexity index is 336. The van der Waals surface area contributed by atoms with Crippen molar-refractivity contribution in [2.75, 3.05) is 6.54 Å². The monoisotopic (exact) mass is 220 g/mol. The van der Waals surface area contributed by atoms with Crippen molar-refractivity contribution in [1.29, 1.82) is 0 Å². The predicted octanol–water partition coefficient (Wildman–Crippen LogP) is 2.41. The molecule has 3 nitrogen and oxygen atoms in total. The van der Waals surface area contributed by atoms with Crippen LogP contribution in [0.4, 0.5) is 0 Å². The number of nitrogens with zero attached hydrogens (tertiary/aromatic N) is 2. The van der Waals surface area contributed by atoms with E-state index < -0.39 is 0 Å². The van der Waals surface area contributed by atoms with Crippen molar-refractivity contribution in [3.05, 3.63) is 24.0 Å².